The standard InChI is InChI=1S/C23H35N3O3/c1-16(2)18-6-5-7-20(12-18)26-15-19(13-22(26)27)23(28)24-14-21(17(3)4)25-8-10-29-11-9-25/h5-7,12,16-17,19,21H,8-11,13-15H2,1-4H3,(H,24,28). The lowest BCUT2D eigenvalue weighted by atomic mass is 10.0. The SMILES string of the molecule is CC(C)c1cccc(N2CC(C(=O)NCC(C(C)C)N3CCOCC3)CC2=O)c1. The number of morpholine rings is 1. The summed E-state index contributed by atoms with van der Waals surface area (Å²) in [6, 6.07) is 8.38. The van der Waals surface area contributed by atoms with E-state index in [9.17, 15) is 9.59 Å². The Bertz CT molecular complexity index is 713. The quantitative estimate of drug-likeness (QED) is 0.763. The van der Waals surface area contributed by atoms with Crippen LogP contribution in [0.2, 0.25) is 0 Å². The molecule has 2 aliphatic rings. The van der Waals surface area contributed by atoms with E-state index in [1.165, 1.54) is 5.56 Å². The molecule has 1 aromatic carbocycles. The molecular formula is C23H35N3O3. The number of anilines is 1. The topological polar surface area (TPSA) is 61.9 Å². The Morgan fingerprint density at radius 3 is 2.59 bits per heavy atom. The second-order valence-corrected chi connectivity index (χ2v) is 8.86. The van der Waals surface area contributed by atoms with Crippen molar-refractivity contribution in [2.24, 2.45) is 11.8 Å². The van der Waals surface area contributed by atoms with Gasteiger partial charge < -0.3 is 15.0 Å². The van der Waals surface area contributed by atoms with Crippen molar-refractivity contribution in [2.45, 2.75) is 46.1 Å². The molecule has 2 saturated heterocycles. The van der Waals surface area contributed by atoms with Gasteiger partial charge in [-0.1, -0.05) is 39.8 Å². The van der Waals surface area contributed by atoms with Gasteiger partial charge in [-0.2, -0.15) is 0 Å². The largest absolute Gasteiger partial charge is 0.379 e. The Balaban J connectivity index is 1.59. The Labute approximate surface area is 174 Å². The van der Waals surface area contributed by atoms with Gasteiger partial charge in [0.2, 0.25) is 11.8 Å². The van der Waals surface area contributed by atoms with Crippen LogP contribution in [0.15, 0.2) is 24.3 Å². The molecule has 0 aliphatic carbocycles. The van der Waals surface area contributed by atoms with Gasteiger partial charge in [-0.25, -0.2) is 0 Å². The Kier molecular flexibility index (Phi) is 7.30. The van der Waals surface area contributed by atoms with Crippen molar-refractivity contribution >= 4 is 17.5 Å². The molecule has 0 bridgehead atoms. The fraction of sp³-hybridized carbons (Fsp3) is 0.652. The fourth-order valence-electron chi connectivity index (χ4n) is 4.23. The third-order valence-corrected chi connectivity index (χ3v) is 6.11. The number of rotatable bonds is 7. The normalized spacial score (nSPS) is 21.8. The zero-order valence-corrected chi connectivity index (χ0v) is 18.2. The van der Waals surface area contributed by atoms with Crippen molar-refractivity contribution in [3.05, 3.63) is 29.8 Å². The van der Waals surface area contributed by atoms with E-state index in [4.69, 9.17) is 4.74 Å². The highest BCUT2D eigenvalue weighted by Gasteiger charge is 2.35. The molecule has 0 aromatic heterocycles. The van der Waals surface area contributed by atoms with Crippen LogP contribution in [0.3, 0.4) is 0 Å². The molecule has 1 N–H and O–H groups in total. The first-order chi connectivity index (χ1) is 13.9. The van der Waals surface area contributed by atoms with E-state index < -0.39 is 0 Å². The smallest absolute Gasteiger partial charge is 0.227 e. The van der Waals surface area contributed by atoms with E-state index in [0.29, 0.717) is 31.0 Å². The van der Waals surface area contributed by atoms with Crippen molar-refractivity contribution in [3.8, 4) is 0 Å². The highest BCUT2D eigenvalue weighted by atomic mass is 16.5. The summed E-state index contributed by atoms with van der Waals surface area (Å²) in [4.78, 5) is 29.6. The van der Waals surface area contributed by atoms with Crippen LogP contribution in [0.25, 0.3) is 0 Å². The molecule has 2 aliphatic heterocycles. The van der Waals surface area contributed by atoms with Crippen molar-refractivity contribution in [2.75, 3.05) is 44.3 Å². The van der Waals surface area contributed by atoms with E-state index in [0.717, 1.165) is 32.0 Å². The van der Waals surface area contributed by atoms with E-state index in [-0.39, 0.29) is 24.2 Å². The van der Waals surface area contributed by atoms with E-state index in [2.05, 4.69) is 50.0 Å². The Morgan fingerprint density at radius 1 is 1.21 bits per heavy atom. The van der Waals surface area contributed by atoms with Crippen LogP contribution >= 0.6 is 0 Å². The second kappa shape index (κ2) is 9.72. The van der Waals surface area contributed by atoms with Gasteiger partial charge in [0.25, 0.3) is 0 Å². The molecule has 0 spiro atoms. The predicted octanol–water partition coefficient (Wildman–Crippen LogP) is 2.64. The molecule has 6 heteroatoms. The van der Waals surface area contributed by atoms with Gasteiger partial charge in [-0.3, -0.25) is 14.5 Å². The molecule has 1 aromatic rings. The fourth-order valence-corrected chi connectivity index (χ4v) is 4.23. The van der Waals surface area contributed by atoms with Crippen molar-refractivity contribution in [1.29, 1.82) is 0 Å². The van der Waals surface area contributed by atoms with Gasteiger partial charge in [0.1, 0.15) is 0 Å². The Hall–Kier alpha value is -1.92. The minimum atomic E-state index is -0.289. The first-order valence-corrected chi connectivity index (χ1v) is 10.9. The van der Waals surface area contributed by atoms with E-state index in [1.807, 2.05) is 12.1 Å². The van der Waals surface area contributed by atoms with Crippen molar-refractivity contribution < 1.29 is 14.3 Å². The van der Waals surface area contributed by atoms with Gasteiger partial charge in [0, 0.05) is 44.3 Å². The van der Waals surface area contributed by atoms with Gasteiger partial charge >= 0.3 is 0 Å². The van der Waals surface area contributed by atoms with Gasteiger partial charge in [0.15, 0.2) is 0 Å². The molecular weight excluding hydrogens is 366 g/mol. The molecule has 2 heterocycles. The van der Waals surface area contributed by atoms with Crippen molar-refractivity contribution in [3.63, 3.8) is 0 Å². The minimum absolute atomic E-state index is 0.0141. The highest BCUT2D eigenvalue weighted by molar-refractivity contribution is 6.00. The summed E-state index contributed by atoms with van der Waals surface area (Å²) >= 11 is 0. The van der Waals surface area contributed by atoms with Gasteiger partial charge in [-0.05, 0) is 29.5 Å². The molecule has 2 fully saturated rings. The number of amides is 2. The van der Waals surface area contributed by atoms with E-state index in [1.54, 1.807) is 4.90 Å². The van der Waals surface area contributed by atoms with Crippen LogP contribution < -0.4 is 10.2 Å². The van der Waals surface area contributed by atoms with E-state index >= 15 is 0 Å². The van der Waals surface area contributed by atoms with Crippen LogP contribution in [0, 0.1) is 11.8 Å². The number of ether oxygens (including phenoxy) is 1. The van der Waals surface area contributed by atoms with Crippen LogP contribution in [-0.4, -0.2) is 62.1 Å². The number of nitrogens with zero attached hydrogens (tertiary/aromatic N) is 2. The average Bonchev–Trinajstić information content (AvgIpc) is 3.10. The summed E-state index contributed by atoms with van der Waals surface area (Å²) < 4.78 is 5.45. The molecule has 0 radical (unpaired) electrons. The van der Waals surface area contributed by atoms with Crippen LogP contribution in [0.4, 0.5) is 5.69 Å². The third-order valence-electron chi connectivity index (χ3n) is 6.11. The number of hydrogen-bond acceptors (Lipinski definition) is 4. The number of carbonyl (C=O) groups is 2. The second-order valence-electron chi connectivity index (χ2n) is 8.86. The van der Waals surface area contributed by atoms with Gasteiger partial charge in [-0.15, -0.1) is 0 Å². The summed E-state index contributed by atoms with van der Waals surface area (Å²) in [5, 5.41) is 3.13. The summed E-state index contributed by atoms with van der Waals surface area (Å²) in [7, 11) is 0. The monoisotopic (exact) mass is 401 g/mol. The average molecular weight is 402 g/mol. The maximum absolute atomic E-state index is 12.8. The molecule has 6 nitrogen and oxygen atoms in total. The summed E-state index contributed by atoms with van der Waals surface area (Å²) in [6.07, 6.45) is 0.279. The lowest BCUT2D eigenvalue weighted by Crippen LogP contribution is -2.51. The highest BCUT2D eigenvalue weighted by Crippen LogP contribution is 2.28. The summed E-state index contributed by atoms with van der Waals surface area (Å²) in [5.41, 5.74) is 2.10. The lowest BCUT2D eigenvalue weighted by Gasteiger charge is -2.37. The minimum Gasteiger partial charge on any atom is -0.379 e. The zero-order valence-electron chi connectivity index (χ0n) is 18.2. The first kappa shape index (κ1) is 21.8. The first-order valence-electron chi connectivity index (χ1n) is 10.9. The van der Waals surface area contributed by atoms with Crippen LogP contribution in [0.1, 0.15) is 45.6 Å². The number of hydrogen-bond donors (Lipinski definition) is 1. The van der Waals surface area contributed by atoms with Gasteiger partial charge in [0.05, 0.1) is 19.1 Å². The predicted molar refractivity (Wildman–Crippen MR) is 115 cm³/mol. The molecule has 29 heavy (non-hydrogen) atoms. The van der Waals surface area contributed by atoms with Crippen molar-refractivity contribution in [1.82, 2.24) is 10.2 Å². The number of carbonyl (C=O) groups excluding carboxylic acids is 2. The molecule has 2 amide bonds. The summed E-state index contributed by atoms with van der Waals surface area (Å²) in [5.74, 6) is 0.566. The molecule has 160 valence electrons. The number of nitrogens with one attached hydrogen (secondary N) is 1. The lowest BCUT2D eigenvalue weighted by molar-refractivity contribution is -0.126. The van der Waals surface area contributed by atoms with Crippen LogP contribution in [0.5, 0.6) is 0 Å². The molecule has 2 unspecified atom stereocenters. The maximum atomic E-state index is 12.8. The Morgan fingerprint density at radius 2 is 1.93 bits per heavy atom. The molecule has 0 saturated carbocycles. The third kappa shape index (κ3) is 5.37. The molecule has 2 atom stereocenters. The van der Waals surface area contributed by atoms with Crippen LogP contribution in [-0.2, 0) is 14.3 Å². The number of benzene rings is 1. The maximum Gasteiger partial charge on any atom is 0.227 e. The zero-order chi connectivity index (χ0) is 21.0. The summed E-state index contributed by atoms with van der Waals surface area (Å²) in [6.45, 7) is 13.0. The molecule has 3 rings (SSSR count).